The molecule has 0 saturated heterocycles. The molecule has 3 heteroatoms. The van der Waals surface area contributed by atoms with Crippen LogP contribution < -0.4 is 4.74 Å². The standard InChI is InChI=1S/C18H20O.C6H13NO.C5H10/c1-6-14(3)8-9-15(4)17-10-12-18(13-11-17)19-16(5)7-2;1-4-5-7(3)6(2)8;1-4-5(2)3/h6-13H,2,4-5H2,1,3H3;4-5H2,1-3H3;4H,1-3H3/b9-8-,14-6-;;. The van der Waals surface area contributed by atoms with Crippen LogP contribution in [0, 0.1) is 0 Å². The first-order chi connectivity index (χ1) is 15.0. The van der Waals surface area contributed by atoms with E-state index in [9.17, 15) is 4.79 Å². The van der Waals surface area contributed by atoms with E-state index in [1.807, 2.05) is 57.3 Å². The summed E-state index contributed by atoms with van der Waals surface area (Å²) in [7, 11) is 1.81. The molecule has 0 bridgehead atoms. The molecule has 0 atom stereocenters. The van der Waals surface area contributed by atoms with Gasteiger partial charge in [0.1, 0.15) is 11.5 Å². The van der Waals surface area contributed by atoms with Gasteiger partial charge in [-0.1, -0.05) is 74.2 Å². The molecule has 0 unspecified atom stereocenters. The summed E-state index contributed by atoms with van der Waals surface area (Å²) in [5.74, 6) is 1.43. The SMILES string of the molecule is C=CC(=C)Oc1ccc(C(=C)/C=C\C(C)=C/C)cc1.CC=C(C)C.CCCN(C)C(C)=O. The number of hydrogen-bond donors (Lipinski definition) is 0. The van der Waals surface area contributed by atoms with Gasteiger partial charge in [-0.3, -0.25) is 4.79 Å². The summed E-state index contributed by atoms with van der Waals surface area (Å²) in [5.41, 5.74) is 4.63. The van der Waals surface area contributed by atoms with Gasteiger partial charge in [-0.2, -0.15) is 0 Å². The van der Waals surface area contributed by atoms with E-state index >= 15 is 0 Å². The van der Waals surface area contributed by atoms with Crippen molar-refractivity contribution in [2.75, 3.05) is 13.6 Å². The zero-order chi connectivity index (χ0) is 25.1. The average molecular weight is 438 g/mol. The topological polar surface area (TPSA) is 29.5 Å². The number of allylic oxidation sites excluding steroid dienone is 8. The van der Waals surface area contributed by atoms with Crippen molar-refractivity contribution in [3.63, 3.8) is 0 Å². The lowest BCUT2D eigenvalue weighted by atomic mass is 10.1. The number of rotatable bonds is 8. The number of carbonyl (C=O) groups is 1. The molecular formula is C29H43NO2. The second-order valence-electron chi connectivity index (χ2n) is 7.49. The van der Waals surface area contributed by atoms with Crippen LogP contribution in [0.4, 0.5) is 0 Å². The van der Waals surface area contributed by atoms with Crippen LogP contribution in [0.2, 0.25) is 0 Å². The summed E-state index contributed by atoms with van der Waals surface area (Å²) in [5, 5.41) is 0. The molecule has 1 amide bonds. The minimum absolute atomic E-state index is 0.145. The molecule has 0 fully saturated rings. The molecule has 0 spiro atoms. The summed E-state index contributed by atoms with van der Waals surface area (Å²) >= 11 is 0. The Morgan fingerprint density at radius 2 is 1.53 bits per heavy atom. The minimum Gasteiger partial charge on any atom is -0.458 e. The maximum Gasteiger partial charge on any atom is 0.219 e. The van der Waals surface area contributed by atoms with Crippen LogP contribution in [-0.2, 0) is 4.79 Å². The zero-order valence-corrected chi connectivity index (χ0v) is 21.5. The van der Waals surface area contributed by atoms with Gasteiger partial charge >= 0.3 is 0 Å². The molecular weight excluding hydrogens is 394 g/mol. The van der Waals surface area contributed by atoms with Gasteiger partial charge in [0.2, 0.25) is 5.91 Å². The van der Waals surface area contributed by atoms with Crippen molar-refractivity contribution in [3.05, 3.63) is 96.9 Å². The molecule has 0 aliphatic heterocycles. The highest BCUT2D eigenvalue weighted by Crippen LogP contribution is 2.20. The van der Waals surface area contributed by atoms with Crippen molar-refractivity contribution in [1.29, 1.82) is 0 Å². The van der Waals surface area contributed by atoms with Crippen molar-refractivity contribution in [2.24, 2.45) is 0 Å². The van der Waals surface area contributed by atoms with E-state index in [1.54, 1.807) is 17.9 Å². The summed E-state index contributed by atoms with van der Waals surface area (Å²) in [6.07, 6.45) is 10.8. The zero-order valence-electron chi connectivity index (χ0n) is 21.5. The van der Waals surface area contributed by atoms with Gasteiger partial charge in [0, 0.05) is 20.5 Å². The Hall–Kier alpha value is -3.07. The van der Waals surface area contributed by atoms with Crippen LogP contribution in [0.25, 0.3) is 5.57 Å². The number of carbonyl (C=O) groups excluding carboxylic acids is 1. The van der Waals surface area contributed by atoms with Crippen LogP contribution in [-0.4, -0.2) is 24.4 Å². The largest absolute Gasteiger partial charge is 0.458 e. The number of nitrogens with zero attached hydrogens (tertiary/aromatic N) is 1. The number of benzene rings is 1. The fourth-order valence-electron chi connectivity index (χ4n) is 1.85. The summed E-state index contributed by atoms with van der Waals surface area (Å²) in [6.45, 7) is 26.1. The Balaban J connectivity index is 0. The minimum atomic E-state index is 0.145. The lowest BCUT2D eigenvalue weighted by Crippen LogP contribution is -2.24. The predicted octanol–water partition coefficient (Wildman–Crippen LogP) is 8.15. The number of amides is 1. The van der Waals surface area contributed by atoms with Crippen molar-refractivity contribution in [3.8, 4) is 5.75 Å². The van der Waals surface area contributed by atoms with Crippen LogP contribution in [0.1, 0.15) is 60.5 Å². The van der Waals surface area contributed by atoms with Crippen molar-refractivity contribution >= 4 is 11.5 Å². The summed E-state index contributed by atoms with van der Waals surface area (Å²) < 4.78 is 5.44. The molecule has 0 aliphatic carbocycles. The number of ether oxygens (including phenoxy) is 1. The molecule has 3 nitrogen and oxygen atoms in total. The third kappa shape index (κ3) is 16.7. The smallest absolute Gasteiger partial charge is 0.219 e. The highest BCUT2D eigenvalue weighted by atomic mass is 16.5. The maximum absolute atomic E-state index is 10.5. The van der Waals surface area contributed by atoms with Crippen LogP contribution in [0.3, 0.4) is 0 Å². The molecule has 0 N–H and O–H groups in total. The first kappa shape index (κ1) is 31.1. The first-order valence-corrected chi connectivity index (χ1v) is 10.9. The Bertz CT molecular complexity index is 804. The Labute approximate surface area is 197 Å². The molecule has 1 aromatic rings. The Kier molecular flexibility index (Phi) is 18.2. The lowest BCUT2D eigenvalue weighted by molar-refractivity contribution is -0.127. The van der Waals surface area contributed by atoms with Gasteiger partial charge in [0.25, 0.3) is 0 Å². The van der Waals surface area contributed by atoms with Crippen LogP contribution >= 0.6 is 0 Å². The summed E-state index contributed by atoms with van der Waals surface area (Å²) in [4.78, 5) is 12.2. The van der Waals surface area contributed by atoms with E-state index in [2.05, 4.69) is 59.6 Å². The second-order valence-corrected chi connectivity index (χ2v) is 7.49. The van der Waals surface area contributed by atoms with E-state index < -0.39 is 0 Å². The fourth-order valence-corrected chi connectivity index (χ4v) is 1.85. The normalized spacial score (nSPS) is 10.1. The third-order valence-electron chi connectivity index (χ3n) is 4.38. The maximum atomic E-state index is 10.5. The van der Waals surface area contributed by atoms with Crippen LogP contribution in [0.15, 0.2) is 91.3 Å². The van der Waals surface area contributed by atoms with Gasteiger partial charge in [-0.15, -0.1) is 0 Å². The lowest BCUT2D eigenvalue weighted by Gasteiger charge is -2.11. The van der Waals surface area contributed by atoms with Gasteiger partial charge in [-0.25, -0.2) is 0 Å². The highest BCUT2D eigenvalue weighted by molar-refractivity contribution is 5.73. The molecule has 0 saturated carbocycles. The molecule has 0 heterocycles. The quantitative estimate of drug-likeness (QED) is 0.233. The molecule has 176 valence electrons. The molecule has 0 radical (unpaired) electrons. The average Bonchev–Trinajstić information content (AvgIpc) is 2.78. The molecule has 0 aromatic heterocycles. The molecule has 32 heavy (non-hydrogen) atoms. The molecule has 0 aliphatic rings. The van der Waals surface area contributed by atoms with Gasteiger partial charge < -0.3 is 9.64 Å². The van der Waals surface area contributed by atoms with Gasteiger partial charge in [0.05, 0.1) is 0 Å². The fraction of sp³-hybridized carbons (Fsp3) is 0.345. The van der Waals surface area contributed by atoms with E-state index in [0.717, 1.165) is 29.9 Å². The number of hydrogen-bond acceptors (Lipinski definition) is 2. The van der Waals surface area contributed by atoms with Crippen molar-refractivity contribution in [2.45, 2.75) is 54.9 Å². The van der Waals surface area contributed by atoms with E-state index in [0.29, 0.717) is 5.76 Å². The van der Waals surface area contributed by atoms with E-state index in [-0.39, 0.29) is 5.91 Å². The first-order valence-electron chi connectivity index (χ1n) is 10.9. The van der Waals surface area contributed by atoms with Gasteiger partial charge in [0.15, 0.2) is 0 Å². The predicted molar refractivity (Wildman–Crippen MR) is 143 cm³/mol. The van der Waals surface area contributed by atoms with Crippen molar-refractivity contribution < 1.29 is 9.53 Å². The van der Waals surface area contributed by atoms with Crippen LogP contribution in [0.5, 0.6) is 5.75 Å². The Morgan fingerprint density at radius 3 is 1.88 bits per heavy atom. The van der Waals surface area contributed by atoms with Crippen molar-refractivity contribution in [1.82, 2.24) is 4.90 Å². The van der Waals surface area contributed by atoms with E-state index in [1.165, 1.54) is 11.1 Å². The Morgan fingerprint density at radius 1 is 1.00 bits per heavy atom. The highest BCUT2D eigenvalue weighted by Gasteiger charge is 1.98. The van der Waals surface area contributed by atoms with Gasteiger partial charge in [-0.05, 0) is 70.4 Å². The van der Waals surface area contributed by atoms with E-state index in [4.69, 9.17) is 4.74 Å². The third-order valence-corrected chi connectivity index (χ3v) is 4.38. The molecule has 1 rings (SSSR count). The monoisotopic (exact) mass is 437 g/mol. The second kappa shape index (κ2) is 18.7. The molecule has 1 aromatic carbocycles. The summed E-state index contributed by atoms with van der Waals surface area (Å²) in [6, 6.07) is 7.74.